The quantitative estimate of drug-likeness (QED) is 0.742. The molecular formula is C12H22N2O3. The van der Waals surface area contributed by atoms with Crippen LogP contribution in [0.3, 0.4) is 0 Å². The fourth-order valence-electron chi connectivity index (χ4n) is 2.05. The Hall–Kier alpha value is -1.10. The topological polar surface area (TPSA) is 83.6 Å². The normalized spacial score (nSPS) is 22.2. The van der Waals surface area contributed by atoms with E-state index in [9.17, 15) is 9.59 Å². The van der Waals surface area contributed by atoms with Crippen molar-refractivity contribution < 1.29 is 14.7 Å². The molecule has 0 spiro atoms. The Bertz CT molecular complexity index is 281. The summed E-state index contributed by atoms with van der Waals surface area (Å²) >= 11 is 0. The zero-order valence-corrected chi connectivity index (χ0v) is 10.4. The van der Waals surface area contributed by atoms with Gasteiger partial charge in [-0.3, -0.25) is 9.59 Å². The SMILES string of the molecule is CC(CN)CCC(=O)N1CCC[C@H](C(=O)O)C1. The first kappa shape index (κ1) is 14.0. The molecule has 1 amide bonds. The van der Waals surface area contributed by atoms with Crippen LogP contribution < -0.4 is 5.73 Å². The standard InChI is InChI=1S/C12H22N2O3/c1-9(7-13)4-5-11(15)14-6-2-3-10(8-14)12(16)17/h9-10H,2-8,13H2,1H3,(H,16,17)/t9?,10-/m0/s1. The summed E-state index contributed by atoms with van der Waals surface area (Å²) in [5, 5.41) is 8.94. The van der Waals surface area contributed by atoms with Crippen LogP contribution in [-0.2, 0) is 9.59 Å². The minimum absolute atomic E-state index is 0.0660. The van der Waals surface area contributed by atoms with Gasteiger partial charge in [-0.15, -0.1) is 0 Å². The zero-order valence-electron chi connectivity index (χ0n) is 10.4. The molecule has 0 aromatic carbocycles. The molecule has 0 radical (unpaired) electrons. The molecule has 98 valence electrons. The van der Waals surface area contributed by atoms with Gasteiger partial charge in [-0.2, -0.15) is 0 Å². The van der Waals surface area contributed by atoms with Gasteiger partial charge in [0.1, 0.15) is 0 Å². The van der Waals surface area contributed by atoms with Crippen molar-refractivity contribution in [1.82, 2.24) is 4.90 Å². The van der Waals surface area contributed by atoms with Crippen molar-refractivity contribution in [2.45, 2.75) is 32.6 Å². The lowest BCUT2D eigenvalue weighted by Crippen LogP contribution is -2.42. The van der Waals surface area contributed by atoms with Gasteiger partial charge in [-0.1, -0.05) is 6.92 Å². The summed E-state index contributed by atoms with van der Waals surface area (Å²) in [6, 6.07) is 0. The van der Waals surface area contributed by atoms with Crippen molar-refractivity contribution in [2.24, 2.45) is 17.6 Å². The number of nitrogens with two attached hydrogens (primary N) is 1. The third-order valence-electron chi connectivity index (χ3n) is 3.38. The first-order chi connectivity index (χ1) is 8.04. The van der Waals surface area contributed by atoms with E-state index in [1.807, 2.05) is 6.92 Å². The summed E-state index contributed by atoms with van der Waals surface area (Å²) in [6.07, 6.45) is 2.72. The second kappa shape index (κ2) is 6.59. The third kappa shape index (κ3) is 4.34. The van der Waals surface area contributed by atoms with Crippen LogP contribution in [0.4, 0.5) is 0 Å². The molecule has 0 bridgehead atoms. The van der Waals surface area contributed by atoms with Crippen LogP contribution in [0.5, 0.6) is 0 Å². The number of piperidine rings is 1. The predicted octanol–water partition coefficient (Wildman–Crippen LogP) is 0.685. The van der Waals surface area contributed by atoms with E-state index in [1.54, 1.807) is 4.90 Å². The van der Waals surface area contributed by atoms with Gasteiger partial charge >= 0.3 is 5.97 Å². The van der Waals surface area contributed by atoms with E-state index in [0.29, 0.717) is 38.4 Å². The number of hydrogen-bond acceptors (Lipinski definition) is 3. The van der Waals surface area contributed by atoms with Crippen LogP contribution in [0.2, 0.25) is 0 Å². The number of nitrogens with zero attached hydrogens (tertiary/aromatic N) is 1. The van der Waals surface area contributed by atoms with E-state index in [0.717, 1.165) is 12.8 Å². The molecule has 0 aromatic rings. The highest BCUT2D eigenvalue weighted by Gasteiger charge is 2.27. The van der Waals surface area contributed by atoms with Gasteiger partial charge in [0.05, 0.1) is 5.92 Å². The second-order valence-electron chi connectivity index (χ2n) is 4.90. The van der Waals surface area contributed by atoms with Crippen molar-refractivity contribution >= 4 is 11.9 Å². The fraction of sp³-hybridized carbons (Fsp3) is 0.833. The molecule has 5 nitrogen and oxygen atoms in total. The number of carboxylic acids is 1. The van der Waals surface area contributed by atoms with Crippen LogP contribution >= 0.6 is 0 Å². The van der Waals surface area contributed by atoms with Crippen molar-refractivity contribution in [1.29, 1.82) is 0 Å². The van der Waals surface area contributed by atoms with Crippen LogP contribution in [0.15, 0.2) is 0 Å². The van der Waals surface area contributed by atoms with Crippen LogP contribution in [0, 0.1) is 11.8 Å². The van der Waals surface area contributed by atoms with Gasteiger partial charge in [0.25, 0.3) is 0 Å². The van der Waals surface area contributed by atoms with Gasteiger partial charge in [0, 0.05) is 19.5 Å². The molecule has 1 heterocycles. The molecule has 0 aromatic heterocycles. The molecule has 1 aliphatic rings. The van der Waals surface area contributed by atoms with E-state index in [4.69, 9.17) is 10.8 Å². The highest BCUT2D eigenvalue weighted by atomic mass is 16.4. The largest absolute Gasteiger partial charge is 0.481 e. The average molecular weight is 242 g/mol. The van der Waals surface area contributed by atoms with Gasteiger partial charge in [0.2, 0.25) is 5.91 Å². The van der Waals surface area contributed by atoms with E-state index < -0.39 is 5.97 Å². The number of hydrogen-bond donors (Lipinski definition) is 2. The first-order valence-electron chi connectivity index (χ1n) is 6.25. The van der Waals surface area contributed by atoms with E-state index in [-0.39, 0.29) is 11.8 Å². The van der Waals surface area contributed by atoms with Gasteiger partial charge in [0.15, 0.2) is 0 Å². The highest BCUT2D eigenvalue weighted by Crippen LogP contribution is 2.18. The predicted molar refractivity (Wildman–Crippen MR) is 64.4 cm³/mol. The summed E-state index contributed by atoms with van der Waals surface area (Å²) in [5.74, 6) is -0.771. The van der Waals surface area contributed by atoms with Crippen molar-refractivity contribution in [3.8, 4) is 0 Å². The maximum atomic E-state index is 11.9. The highest BCUT2D eigenvalue weighted by molar-refractivity contribution is 5.78. The fourth-order valence-corrected chi connectivity index (χ4v) is 2.05. The Balaban J connectivity index is 2.38. The second-order valence-corrected chi connectivity index (χ2v) is 4.90. The molecule has 17 heavy (non-hydrogen) atoms. The van der Waals surface area contributed by atoms with Crippen molar-refractivity contribution in [3.63, 3.8) is 0 Å². The first-order valence-corrected chi connectivity index (χ1v) is 6.25. The summed E-state index contributed by atoms with van der Waals surface area (Å²) < 4.78 is 0. The molecule has 1 saturated heterocycles. The lowest BCUT2D eigenvalue weighted by atomic mass is 9.97. The lowest BCUT2D eigenvalue weighted by Gasteiger charge is -2.31. The third-order valence-corrected chi connectivity index (χ3v) is 3.38. The van der Waals surface area contributed by atoms with E-state index in [1.165, 1.54) is 0 Å². The Morgan fingerprint density at radius 3 is 2.82 bits per heavy atom. The molecule has 1 aliphatic heterocycles. The Kier molecular flexibility index (Phi) is 5.41. The van der Waals surface area contributed by atoms with E-state index >= 15 is 0 Å². The molecule has 0 saturated carbocycles. The molecule has 2 atom stereocenters. The number of carboxylic acid groups (broad SMARTS) is 1. The molecule has 5 heteroatoms. The van der Waals surface area contributed by atoms with E-state index in [2.05, 4.69) is 0 Å². The van der Waals surface area contributed by atoms with Gasteiger partial charge in [-0.25, -0.2) is 0 Å². The average Bonchev–Trinajstić information content (AvgIpc) is 2.35. The Labute approximate surface area is 102 Å². The summed E-state index contributed by atoms with van der Waals surface area (Å²) in [7, 11) is 0. The number of aliphatic carboxylic acids is 1. The zero-order chi connectivity index (χ0) is 12.8. The maximum Gasteiger partial charge on any atom is 0.308 e. The number of carbonyl (C=O) groups is 2. The molecule has 0 aliphatic carbocycles. The minimum atomic E-state index is -0.794. The van der Waals surface area contributed by atoms with Crippen LogP contribution in [-0.4, -0.2) is 41.5 Å². The maximum absolute atomic E-state index is 11.9. The van der Waals surface area contributed by atoms with Crippen molar-refractivity contribution in [2.75, 3.05) is 19.6 Å². The summed E-state index contributed by atoms with van der Waals surface area (Å²) in [5.41, 5.74) is 5.50. The Morgan fingerprint density at radius 2 is 2.24 bits per heavy atom. The molecule has 3 N–H and O–H groups in total. The molecular weight excluding hydrogens is 220 g/mol. The molecule has 1 unspecified atom stereocenters. The number of amides is 1. The van der Waals surface area contributed by atoms with Crippen molar-refractivity contribution in [3.05, 3.63) is 0 Å². The number of carbonyl (C=O) groups excluding carboxylic acids is 1. The van der Waals surface area contributed by atoms with Crippen LogP contribution in [0.1, 0.15) is 32.6 Å². The summed E-state index contributed by atoms with van der Waals surface area (Å²) in [6.45, 7) is 3.67. The molecule has 1 rings (SSSR count). The van der Waals surface area contributed by atoms with Gasteiger partial charge in [-0.05, 0) is 31.7 Å². The monoisotopic (exact) mass is 242 g/mol. The Morgan fingerprint density at radius 1 is 1.53 bits per heavy atom. The smallest absolute Gasteiger partial charge is 0.308 e. The van der Waals surface area contributed by atoms with Crippen LogP contribution in [0.25, 0.3) is 0 Å². The lowest BCUT2D eigenvalue weighted by molar-refractivity contribution is -0.145. The summed E-state index contributed by atoms with van der Waals surface area (Å²) in [4.78, 5) is 24.4. The van der Waals surface area contributed by atoms with Gasteiger partial charge < -0.3 is 15.7 Å². The number of rotatable bonds is 5. The minimum Gasteiger partial charge on any atom is -0.481 e. The molecule has 1 fully saturated rings. The number of likely N-dealkylation sites (tertiary alicyclic amines) is 1.